The zero-order chi connectivity index (χ0) is 26.6. The molecule has 0 fully saturated rings. The van der Waals surface area contributed by atoms with E-state index in [9.17, 15) is 13.2 Å². The molecule has 4 rings (SSSR count). The highest BCUT2D eigenvalue weighted by atomic mass is 35.5. The lowest BCUT2D eigenvalue weighted by atomic mass is 10.1. The first-order chi connectivity index (χ1) is 17.6. The number of amides is 1. The van der Waals surface area contributed by atoms with Crippen LogP contribution >= 0.6 is 23.2 Å². The van der Waals surface area contributed by atoms with E-state index in [1.807, 2.05) is 13.0 Å². The fourth-order valence-electron chi connectivity index (χ4n) is 3.69. The molecule has 10 heteroatoms. The van der Waals surface area contributed by atoms with Crippen molar-refractivity contribution in [1.29, 1.82) is 0 Å². The topological polar surface area (TPSA) is 92.0 Å². The maximum Gasteiger partial charge on any atom is 0.264 e. The smallest absolute Gasteiger partial charge is 0.264 e. The maximum absolute atomic E-state index is 13.5. The Kier molecular flexibility index (Phi) is 8.02. The summed E-state index contributed by atoms with van der Waals surface area (Å²) in [6, 6.07) is 21.7. The number of nitrogens with one attached hydrogen (secondary N) is 1. The Hall–Kier alpha value is -3.59. The molecule has 7 nitrogen and oxygen atoms in total. The molecule has 4 aromatic rings. The number of aryl methyl sites for hydroxylation is 2. The van der Waals surface area contributed by atoms with E-state index in [0.29, 0.717) is 32.8 Å². The maximum atomic E-state index is 13.5. The molecule has 1 amide bonds. The van der Waals surface area contributed by atoms with E-state index in [-0.39, 0.29) is 4.90 Å². The quantitative estimate of drug-likeness (QED) is 0.206. The molecule has 1 heterocycles. The molecule has 0 bridgehead atoms. The molecule has 1 N–H and O–H groups in total. The highest BCUT2D eigenvalue weighted by Gasteiger charge is 2.28. The number of hydrazone groups is 1. The SMILES string of the molecule is Cc1ccc(N(CC(=O)N/N=C\c2ccc(-c3ccc(Cl)cc3Cl)o2)S(=O)(=O)c2ccccc2)c(C)c1. The molecule has 1 aromatic heterocycles. The number of anilines is 1. The van der Waals surface area contributed by atoms with Gasteiger partial charge >= 0.3 is 0 Å². The molecule has 0 saturated heterocycles. The summed E-state index contributed by atoms with van der Waals surface area (Å²) in [7, 11) is -4.02. The Bertz CT molecular complexity index is 1570. The van der Waals surface area contributed by atoms with E-state index >= 15 is 0 Å². The zero-order valence-corrected chi connectivity index (χ0v) is 22.3. The molecule has 0 atom stereocenters. The number of carbonyl (C=O) groups is 1. The van der Waals surface area contributed by atoms with Crippen molar-refractivity contribution in [3.63, 3.8) is 0 Å². The van der Waals surface area contributed by atoms with Crippen LogP contribution in [0.15, 0.2) is 93.3 Å². The molecule has 3 aromatic carbocycles. The number of carbonyl (C=O) groups excluding carboxylic acids is 1. The van der Waals surface area contributed by atoms with Gasteiger partial charge in [0, 0.05) is 10.6 Å². The van der Waals surface area contributed by atoms with E-state index in [1.165, 1.54) is 18.3 Å². The monoisotopic (exact) mass is 555 g/mol. The van der Waals surface area contributed by atoms with Crippen LogP contribution in [0.1, 0.15) is 16.9 Å². The molecular weight excluding hydrogens is 533 g/mol. The molecule has 190 valence electrons. The van der Waals surface area contributed by atoms with Crippen molar-refractivity contribution < 1.29 is 17.6 Å². The number of rotatable bonds is 8. The van der Waals surface area contributed by atoms with Gasteiger partial charge in [-0.15, -0.1) is 0 Å². The van der Waals surface area contributed by atoms with Crippen LogP contribution in [-0.2, 0) is 14.8 Å². The molecule has 0 saturated carbocycles. The second kappa shape index (κ2) is 11.2. The third kappa shape index (κ3) is 6.22. The summed E-state index contributed by atoms with van der Waals surface area (Å²) in [6.45, 7) is 3.24. The van der Waals surface area contributed by atoms with Crippen LogP contribution in [0.4, 0.5) is 5.69 Å². The van der Waals surface area contributed by atoms with Gasteiger partial charge in [-0.25, -0.2) is 13.8 Å². The van der Waals surface area contributed by atoms with E-state index in [4.69, 9.17) is 27.6 Å². The second-order valence-electron chi connectivity index (χ2n) is 8.23. The summed E-state index contributed by atoms with van der Waals surface area (Å²) in [6.07, 6.45) is 1.32. The molecule has 0 aliphatic carbocycles. The van der Waals surface area contributed by atoms with Gasteiger partial charge in [0.05, 0.1) is 21.8 Å². The summed E-state index contributed by atoms with van der Waals surface area (Å²) >= 11 is 12.2. The van der Waals surface area contributed by atoms with Crippen LogP contribution in [0.3, 0.4) is 0 Å². The van der Waals surface area contributed by atoms with Gasteiger partial charge in [-0.1, -0.05) is 59.1 Å². The first kappa shape index (κ1) is 26.5. The molecule has 0 aliphatic rings. The Morgan fingerprint density at radius 2 is 1.76 bits per heavy atom. The molecular formula is C27H23Cl2N3O4S. The van der Waals surface area contributed by atoms with Crippen LogP contribution in [0, 0.1) is 13.8 Å². The van der Waals surface area contributed by atoms with Crippen molar-refractivity contribution in [2.75, 3.05) is 10.8 Å². The lowest BCUT2D eigenvalue weighted by Crippen LogP contribution is -2.40. The van der Waals surface area contributed by atoms with Crippen molar-refractivity contribution in [2.45, 2.75) is 18.7 Å². The summed E-state index contributed by atoms with van der Waals surface area (Å²) in [5.41, 5.74) is 5.14. The number of hydrogen-bond acceptors (Lipinski definition) is 5. The molecule has 0 aliphatic heterocycles. The standard InChI is InChI=1S/C27H23Cl2N3O4S/c1-18-8-12-25(19(2)14-18)32(37(34,35)22-6-4-3-5-7-22)17-27(33)31-30-16-21-10-13-26(36-21)23-11-9-20(28)15-24(23)29/h3-16H,17H2,1-2H3,(H,31,33)/b30-16-. The minimum Gasteiger partial charge on any atom is -0.455 e. The first-order valence-corrected chi connectivity index (χ1v) is 13.4. The third-order valence-corrected chi connectivity index (χ3v) is 7.77. The van der Waals surface area contributed by atoms with Gasteiger partial charge in [0.2, 0.25) is 0 Å². The van der Waals surface area contributed by atoms with Gasteiger partial charge in [0.25, 0.3) is 15.9 Å². The van der Waals surface area contributed by atoms with Crippen LogP contribution in [0.5, 0.6) is 0 Å². The van der Waals surface area contributed by atoms with Crippen molar-refractivity contribution in [1.82, 2.24) is 5.43 Å². The summed E-state index contributed by atoms with van der Waals surface area (Å²) in [5.74, 6) is 0.247. The Morgan fingerprint density at radius 3 is 2.46 bits per heavy atom. The van der Waals surface area contributed by atoms with E-state index in [2.05, 4.69) is 10.5 Å². The number of furan rings is 1. The van der Waals surface area contributed by atoms with Crippen molar-refractivity contribution in [2.24, 2.45) is 5.10 Å². The lowest BCUT2D eigenvalue weighted by Gasteiger charge is -2.25. The predicted molar refractivity (Wildman–Crippen MR) is 147 cm³/mol. The highest BCUT2D eigenvalue weighted by Crippen LogP contribution is 2.31. The minimum absolute atomic E-state index is 0.0789. The van der Waals surface area contributed by atoms with Crippen LogP contribution < -0.4 is 9.73 Å². The molecule has 37 heavy (non-hydrogen) atoms. The van der Waals surface area contributed by atoms with Crippen molar-refractivity contribution in [3.8, 4) is 11.3 Å². The summed E-state index contributed by atoms with van der Waals surface area (Å²) in [5, 5.41) is 4.87. The fraction of sp³-hybridized carbons (Fsp3) is 0.111. The summed E-state index contributed by atoms with van der Waals surface area (Å²) < 4.78 is 33.7. The number of nitrogens with zero attached hydrogens (tertiary/aromatic N) is 2. The van der Waals surface area contributed by atoms with Crippen LogP contribution in [0.25, 0.3) is 11.3 Å². The van der Waals surface area contributed by atoms with Crippen LogP contribution in [0.2, 0.25) is 10.0 Å². The lowest BCUT2D eigenvalue weighted by molar-refractivity contribution is -0.119. The van der Waals surface area contributed by atoms with Gasteiger partial charge in [-0.05, 0) is 67.9 Å². The summed E-state index contributed by atoms with van der Waals surface area (Å²) in [4.78, 5) is 12.9. The molecule has 0 unspecified atom stereocenters. The fourth-order valence-corrected chi connectivity index (χ4v) is 5.70. The Balaban J connectivity index is 1.52. The van der Waals surface area contributed by atoms with E-state index < -0.39 is 22.5 Å². The van der Waals surface area contributed by atoms with Gasteiger partial charge in [-0.3, -0.25) is 9.10 Å². The number of halogens is 2. The van der Waals surface area contributed by atoms with Gasteiger partial charge < -0.3 is 4.42 Å². The molecule has 0 radical (unpaired) electrons. The number of benzene rings is 3. The normalized spacial score (nSPS) is 11.6. The second-order valence-corrected chi connectivity index (χ2v) is 10.9. The third-order valence-electron chi connectivity index (χ3n) is 5.44. The van der Waals surface area contributed by atoms with Gasteiger partial charge in [0.15, 0.2) is 0 Å². The van der Waals surface area contributed by atoms with Crippen molar-refractivity contribution >= 4 is 51.0 Å². The van der Waals surface area contributed by atoms with Crippen molar-refractivity contribution in [3.05, 3.63) is 106 Å². The van der Waals surface area contributed by atoms with E-state index in [0.717, 1.165) is 15.4 Å². The predicted octanol–water partition coefficient (Wildman–Crippen LogP) is 6.22. The Morgan fingerprint density at radius 1 is 1.00 bits per heavy atom. The zero-order valence-electron chi connectivity index (χ0n) is 20.0. The minimum atomic E-state index is -4.02. The number of hydrogen-bond donors (Lipinski definition) is 1. The van der Waals surface area contributed by atoms with Gasteiger partial charge in [-0.2, -0.15) is 5.10 Å². The van der Waals surface area contributed by atoms with Crippen LogP contribution in [-0.4, -0.2) is 27.1 Å². The van der Waals surface area contributed by atoms with E-state index in [1.54, 1.807) is 67.6 Å². The first-order valence-electron chi connectivity index (χ1n) is 11.2. The van der Waals surface area contributed by atoms with Gasteiger partial charge in [0.1, 0.15) is 18.1 Å². The average molecular weight is 556 g/mol. The Labute approximate surface area is 225 Å². The molecule has 0 spiro atoms. The largest absolute Gasteiger partial charge is 0.455 e. The number of sulfonamides is 1. The average Bonchev–Trinajstić information content (AvgIpc) is 3.32. The highest BCUT2D eigenvalue weighted by molar-refractivity contribution is 7.92.